The van der Waals surface area contributed by atoms with Crippen molar-refractivity contribution >= 4 is 40.7 Å². The van der Waals surface area contributed by atoms with Crippen LogP contribution in [0.2, 0.25) is 0 Å². The van der Waals surface area contributed by atoms with E-state index < -0.39 is 17.8 Å². The molecule has 122 valence electrons. The van der Waals surface area contributed by atoms with Crippen molar-refractivity contribution in [1.82, 2.24) is 4.31 Å². The Labute approximate surface area is 134 Å². The Balaban J connectivity index is 2.50. The summed E-state index contributed by atoms with van der Waals surface area (Å²) in [7, 11) is 1.44. The van der Waals surface area contributed by atoms with Gasteiger partial charge in [0, 0.05) is 12.7 Å². The van der Waals surface area contributed by atoms with E-state index in [2.05, 4.69) is 14.7 Å². The minimum absolute atomic E-state index is 0.418. The molecule has 1 N–H and O–H groups in total. The molecule has 0 bridgehead atoms. The maximum atomic E-state index is 12.4. The van der Waals surface area contributed by atoms with E-state index in [0.717, 1.165) is 28.6 Å². The number of hydrogen-bond acceptors (Lipinski definition) is 6. The number of halogens is 3. The lowest BCUT2D eigenvalue weighted by molar-refractivity contribution is -0.137. The van der Waals surface area contributed by atoms with Crippen LogP contribution in [-0.4, -0.2) is 28.7 Å². The fraction of sp³-hybridized carbons (Fsp3) is 0.333. The maximum absolute atomic E-state index is 12.4. The zero-order valence-corrected chi connectivity index (χ0v) is 13.6. The third-order valence-corrected chi connectivity index (χ3v) is 3.73. The molecule has 0 radical (unpaired) electrons. The van der Waals surface area contributed by atoms with Gasteiger partial charge in [0.25, 0.3) is 0 Å². The van der Waals surface area contributed by atoms with E-state index >= 15 is 0 Å². The molecule has 1 amide bonds. The number of rotatable bonds is 4. The molecule has 0 heterocycles. The fourth-order valence-corrected chi connectivity index (χ4v) is 1.68. The lowest BCUT2D eigenvalue weighted by Crippen LogP contribution is -2.21. The summed E-state index contributed by atoms with van der Waals surface area (Å²) in [5.74, 6) is 0. The first kappa shape index (κ1) is 18.5. The van der Waals surface area contributed by atoms with Gasteiger partial charge < -0.3 is 4.72 Å². The highest BCUT2D eigenvalue weighted by molar-refractivity contribution is 8.13. The molecule has 5 nitrogen and oxygen atoms in total. The molecule has 1 aromatic rings. The quantitative estimate of drug-likeness (QED) is 0.285. The van der Waals surface area contributed by atoms with Crippen LogP contribution < -0.4 is 4.72 Å². The van der Waals surface area contributed by atoms with E-state index in [1.807, 2.05) is 0 Å². The molecule has 0 saturated heterocycles. The van der Waals surface area contributed by atoms with Gasteiger partial charge in [-0.05, 0) is 37.4 Å². The molecule has 0 aliphatic carbocycles. The predicted molar refractivity (Wildman–Crippen MR) is 83.5 cm³/mol. The molecule has 10 heteroatoms. The van der Waals surface area contributed by atoms with Crippen LogP contribution >= 0.6 is 23.9 Å². The molecule has 22 heavy (non-hydrogen) atoms. The number of carbonyl (C=O) groups is 1. The number of oxime groups is 1. The predicted octanol–water partition coefficient (Wildman–Crippen LogP) is 4.45. The number of hydrogen-bond donors (Lipinski definition) is 1. The zero-order valence-electron chi connectivity index (χ0n) is 12.0. The van der Waals surface area contributed by atoms with Crippen LogP contribution in [0.25, 0.3) is 0 Å². The van der Waals surface area contributed by atoms with Gasteiger partial charge in [0.15, 0.2) is 0 Å². The molecular formula is C12H14F3N3O2S2. The second-order valence-electron chi connectivity index (χ2n) is 3.94. The van der Waals surface area contributed by atoms with Gasteiger partial charge in [-0.1, -0.05) is 5.16 Å². The standard InChI is InChI=1S/C12H14F3N3O2S2/c1-8(21-3)16-20-11(19)18(2)22-17-10-6-4-9(5-7-10)12(13,14)15/h4-7,17H,1-3H3/b16-8+. The lowest BCUT2D eigenvalue weighted by Gasteiger charge is -2.14. The van der Waals surface area contributed by atoms with Crippen molar-refractivity contribution in [2.45, 2.75) is 13.1 Å². The van der Waals surface area contributed by atoms with Crippen LogP contribution in [0.1, 0.15) is 12.5 Å². The molecule has 0 fully saturated rings. The van der Waals surface area contributed by atoms with Crippen LogP contribution in [0.3, 0.4) is 0 Å². The van der Waals surface area contributed by atoms with Gasteiger partial charge in [0.05, 0.1) is 17.7 Å². The Morgan fingerprint density at radius 3 is 2.41 bits per heavy atom. The summed E-state index contributed by atoms with van der Waals surface area (Å²) >= 11 is 2.19. The molecule has 0 unspecified atom stereocenters. The highest BCUT2D eigenvalue weighted by Crippen LogP contribution is 2.30. The first-order chi connectivity index (χ1) is 10.2. The summed E-state index contributed by atoms with van der Waals surface area (Å²) in [5, 5.41) is 4.17. The normalized spacial score (nSPS) is 12.0. The van der Waals surface area contributed by atoms with Gasteiger partial charge >= 0.3 is 12.3 Å². The third-order valence-electron chi connectivity index (χ3n) is 2.32. The van der Waals surface area contributed by atoms with Crippen molar-refractivity contribution in [1.29, 1.82) is 0 Å². The van der Waals surface area contributed by atoms with Gasteiger partial charge in [-0.3, -0.25) is 4.84 Å². The molecule has 0 saturated carbocycles. The number of alkyl halides is 3. The van der Waals surface area contributed by atoms with Gasteiger partial charge in [-0.25, -0.2) is 9.10 Å². The van der Waals surface area contributed by atoms with E-state index in [9.17, 15) is 18.0 Å². The maximum Gasteiger partial charge on any atom is 0.447 e. The summed E-state index contributed by atoms with van der Waals surface area (Å²) in [5.41, 5.74) is -0.320. The second-order valence-corrected chi connectivity index (χ2v) is 5.87. The Bertz CT molecular complexity index is 535. The van der Waals surface area contributed by atoms with E-state index in [1.165, 1.54) is 30.9 Å². The number of thioether (sulfide) groups is 1. The zero-order chi connectivity index (χ0) is 16.8. The summed E-state index contributed by atoms with van der Waals surface area (Å²) in [4.78, 5) is 16.2. The van der Waals surface area contributed by atoms with Crippen molar-refractivity contribution < 1.29 is 22.8 Å². The summed E-state index contributed by atoms with van der Waals surface area (Å²) in [6.07, 6.45) is -3.30. The molecule has 0 aliphatic heterocycles. The van der Waals surface area contributed by atoms with Gasteiger partial charge in [-0.15, -0.1) is 11.8 Å². The largest absolute Gasteiger partial charge is 0.447 e. The van der Waals surface area contributed by atoms with E-state index in [0.29, 0.717) is 10.7 Å². The first-order valence-corrected chi connectivity index (χ1v) is 7.87. The number of anilines is 1. The molecule has 0 aliphatic rings. The molecule has 0 atom stereocenters. The minimum atomic E-state index is -4.38. The molecule has 1 aromatic carbocycles. The van der Waals surface area contributed by atoms with Gasteiger partial charge in [-0.2, -0.15) is 13.2 Å². The molecule has 0 aromatic heterocycles. The van der Waals surface area contributed by atoms with Crippen molar-refractivity contribution in [3.8, 4) is 0 Å². The Morgan fingerprint density at radius 2 is 1.91 bits per heavy atom. The number of benzene rings is 1. The summed E-state index contributed by atoms with van der Waals surface area (Å²) < 4.78 is 41.1. The minimum Gasteiger partial charge on any atom is -0.312 e. The van der Waals surface area contributed by atoms with Crippen LogP contribution in [0.5, 0.6) is 0 Å². The Kier molecular flexibility index (Phi) is 6.88. The number of carbonyl (C=O) groups excluding carboxylic acids is 1. The highest BCUT2D eigenvalue weighted by Gasteiger charge is 2.29. The van der Waals surface area contributed by atoms with E-state index in [1.54, 1.807) is 13.2 Å². The van der Waals surface area contributed by atoms with Crippen LogP contribution in [-0.2, 0) is 11.0 Å². The molecule has 1 rings (SSSR count). The topological polar surface area (TPSA) is 53.9 Å². The van der Waals surface area contributed by atoms with Crippen LogP contribution in [0, 0.1) is 0 Å². The third kappa shape index (κ3) is 6.06. The van der Waals surface area contributed by atoms with Crippen molar-refractivity contribution in [3.05, 3.63) is 29.8 Å². The molecule has 0 spiro atoms. The summed E-state index contributed by atoms with van der Waals surface area (Å²) in [6, 6.07) is 4.44. The van der Waals surface area contributed by atoms with E-state index in [-0.39, 0.29) is 0 Å². The number of nitrogens with one attached hydrogen (secondary N) is 1. The second kappa shape index (κ2) is 8.18. The average molecular weight is 353 g/mol. The SMILES string of the molecule is CS/C(C)=N/OC(=O)N(C)SNc1ccc(C(F)(F)F)cc1. The van der Waals surface area contributed by atoms with Gasteiger partial charge in [0.1, 0.15) is 5.04 Å². The fourth-order valence-electron chi connectivity index (χ4n) is 1.08. The van der Waals surface area contributed by atoms with E-state index in [4.69, 9.17) is 0 Å². The Morgan fingerprint density at radius 1 is 1.32 bits per heavy atom. The van der Waals surface area contributed by atoms with Crippen molar-refractivity contribution in [2.75, 3.05) is 18.0 Å². The monoisotopic (exact) mass is 353 g/mol. The highest BCUT2D eigenvalue weighted by atomic mass is 32.2. The van der Waals surface area contributed by atoms with Crippen molar-refractivity contribution in [3.63, 3.8) is 0 Å². The average Bonchev–Trinajstić information content (AvgIpc) is 2.49. The first-order valence-electron chi connectivity index (χ1n) is 5.87. The smallest absolute Gasteiger partial charge is 0.312 e. The van der Waals surface area contributed by atoms with Crippen LogP contribution in [0.4, 0.5) is 23.7 Å². The van der Waals surface area contributed by atoms with Gasteiger partial charge in [0.2, 0.25) is 0 Å². The summed E-state index contributed by atoms with van der Waals surface area (Å²) in [6.45, 7) is 1.69. The van der Waals surface area contributed by atoms with Crippen molar-refractivity contribution in [2.24, 2.45) is 5.16 Å². The number of nitrogens with zero attached hydrogens (tertiary/aromatic N) is 2. The number of amides is 1. The molecular weight excluding hydrogens is 339 g/mol. The Hall–Kier alpha value is -1.55. The lowest BCUT2D eigenvalue weighted by atomic mass is 10.2. The van der Waals surface area contributed by atoms with Crippen LogP contribution in [0.15, 0.2) is 29.4 Å².